The monoisotopic (exact) mass is 465 g/mol. The molecule has 5 heteroatoms. The molecule has 0 fully saturated rings. The van der Waals surface area contributed by atoms with Gasteiger partial charge in [-0.3, -0.25) is 4.79 Å². The van der Waals surface area contributed by atoms with E-state index in [2.05, 4.69) is 36.4 Å². The molecule has 0 radical (unpaired) electrons. The van der Waals surface area contributed by atoms with Crippen LogP contribution in [0.3, 0.4) is 0 Å². The van der Waals surface area contributed by atoms with Crippen LogP contribution in [0.5, 0.6) is 11.5 Å². The van der Waals surface area contributed by atoms with Gasteiger partial charge < -0.3 is 14.6 Å². The SMILES string of the molecule is N#Cc1cccc(OCc2ccc(CCCC(=O)O)c(OCCc3ccc4ccccc4c3)c2)c1. The number of benzene rings is 4. The summed E-state index contributed by atoms with van der Waals surface area (Å²) in [5.74, 6) is 0.588. The quantitative estimate of drug-likeness (QED) is 0.280. The fourth-order valence-electron chi connectivity index (χ4n) is 3.95. The maximum Gasteiger partial charge on any atom is 0.303 e. The third-order valence-corrected chi connectivity index (χ3v) is 5.80. The summed E-state index contributed by atoms with van der Waals surface area (Å²) >= 11 is 0. The van der Waals surface area contributed by atoms with Crippen molar-refractivity contribution in [1.82, 2.24) is 0 Å². The number of ether oxygens (including phenoxy) is 2. The lowest BCUT2D eigenvalue weighted by molar-refractivity contribution is -0.137. The van der Waals surface area contributed by atoms with E-state index in [1.165, 1.54) is 16.3 Å². The van der Waals surface area contributed by atoms with E-state index in [1.54, 1.807) is 18.2 Å². The summed E-state index contributed by atoms with van der Waals surface area (Å²) in [6.07, 6.45) is 2.06. The van der Waals surface area contributed by atoms with Gasteiger partial charge in [0.25, 0.3) is 0 Å². The lowest BCUT2D eigenvalue weighted by atomic mass is 10.0. The van der Waals surface area contributed by atoms with Gasteiger partial charge in [0.1, 0.15) is 18.1 Å². The summed E-state index contributed by atoms with van der Waals surface area (Å²) in [5, 5.41) is 20.5. The molecule has 1 N–H and O–H groups in total. The van der Waals surface area contributed by atoms with Gasteiger partial charge in [0.2, 0.25) is 0 Å². The van der Waals surface area contributed by atoms with E-state index in [1.807, 2.05) is 36.4 Å². The van der Waals surface area contributed by atoms with Crippen molar-refractivity contribution in [1.29, 1.82) is 5.26 Å². The molecule has 0 heterocycles. The first-order chi connectivity index (χ1) is 17.1. The van der Waals surface area contributed by atoms with Gasteiger partial charge in [0.15, 0.2) is 0 Å². The highest BCUT2D eigenvalue weighted by Crippen LogP contribution is 2.25. The molecule has 0 aliphatic heterocycles. The number of rotatable bonds is 11. The van der Waals surface area contributed by atoms with Crippen LogP contribution in [-0.4, -0.2) is 17.7 Å². The molecule has 176 valence electrons. The van der Waals surface area contributed by atoms with E-state index < -0.39 is 5.97 Å². The first-order valence-corrected chi connectivity index (χ1v) is 11.7. The summed E-state index contributed by atoms with van der Waals surface area (Å²) in [6.45, 7) is 0.851. The zero-order valence-electron chi connectivity index (χ0n) is 19.4. The van der Waals surface area contributed by atoms with Crippen LogP contribution in [0.15, 0.2) is 84.9 Å². The number of fused-ring (bicyclic) bond motifs is 1. The Morgan fingerprint density at radius 3 is 2.49 bits per heavy atom. The molecule has 4 aromatic carbocycles. The molecular weight excluding hydrogens is 438 g/mol. The Kier molecular flexibility index (Phi) is 7.98. The minimum absolute atomic E-state index is 0.122. The van der Waals surface area contributed by atoms with Gasteiger partial charge in [-0.15, -0.1) is 0 Å². The van der Waals surface area contributed by atoms with Crippen molar-refractivity contribution in [3.8, 4) is 17.6 Å². The van der Waals surface area contributed by atoms with Crippen molar-refractivity contribution >= 4 is 16.7 Å². The molecule has 0 saturated carbocycles. The average Bonchev–Trinajstić information content (AvgIpc) is 2.88. The molecule has 0 atom stereocenters. The summed E-state index contributed by atoms with van der Waals surface area (Å²) < 4.78 is 12.1. The number of nitriles is 1. The highest BCUT2D eigenvalue weighted by Gasteiger charge is 2.09. The fraction of sp³-hybridized carbons (Fsp3) is 0.200. The number of carbonyl (C=O) groups is 1. The number of carboxylic acid groups (broad SMARTS) is 1. The molecule has 0 unspecified atom stereocenters. The lowest BCUT2D eigenvalue weighted by Gasteiger charge is -2.14. The lowest BCUT2D eigenvalue weighted by Crippen LogP contribution is -2.06. The van der Waals surface area contributed by atoms with E-state index in [9.17, 15) is 4.79 Å². The van der Waals surface area contributed by atoms with Crippen LogP contribution in [0.4, 0.5) is 0 Å². The van der Waals surface area contributed by atoms with Crippen LogP contribution in [0.1, 0.15) is 35.1 Å². The molecule has 0 aliphatic carbocycles. The Morgan fingerprint density at radius 1 is 0.829 bits per heavy atom. The molecule has 5 nitrogen and oxygen atoms in total. The Balaban J connectivity index is 1.44. The third-order valence-electron chi connectivity index (χ3n) is 5.80. The van der Waals surface area contributed by atoms with Gasteiger partial charge in [-0.1, -0.05) is 60.7 Å². The zero-order chi connectivity index (χ0) is 24.5. The predicted molar refractivity (Wildman–Crippen MR) is 136 cm³/mol. The van der Waals surface area contributed by atoms with Gasteiger partial charge in [0, 0.05) is 12.8 Å². The molecule has 0 aromatic heterocycles. The van der Waals surface area contributed by atoms with Crippen LogP contribution in [0.2, 0.25) is 0 Å². The first kappa shape index (κ1) is 23.8. The van der Waals surface area contributed by atoms with Crippen molar-refractivity contribution in [3.63, 3.8) is 0 Å². The standard InChI is InChI=1S/C30H27NO4/c31-20-23-5-3-9-28(18-23)35-21-24-12-14-26(8-4-10-30(32)33)29(19-24)34-16-15-22-11-13-25-6-1-2-7-27(25)17-22/h1-3,5-7,9,11-14,17-19H,4,8,10,15-16,21H2,(H,32,33). The molecule has 4 rings (SSSR count). The Labute approximate surface area is 205 Å². The molecule has 0 aliphatic rings. The van der Waals surface area contributed by atoms with Crippen LogP contribution in [-0.2, 0) is 24.2 Å². The Bertz CT molecular complexity index is 1360. The largest absolute Gasteiger partial charge is 0.493 e. The van der Waals surface area contributed by atoms with Crippen molar-refractivity contribution in [3.05, 3.63) is 107 Å². The third kappa shape index (κ3) is 6.84. The Hall–Kier alpha value is -4.30. The number of aryl methyl sites for hydroxylation is 1. The summed E-state index contributed by atoms with van der Waals surface area (Å²) in [6, 6.07) is 29.8. The van der Waals surface area contributed by atoms with Crippen LogP contribution >= 0.6 is 0 Å². The van der Waals surface area contributed by atoms with Gasteiger partial charge in [0.05, 0.1) is 18.2 Å². The number of hydrogen-bond donors (Lipinski definition) is 1. The van der Waals surface area contributed by atoms with Crippen LogP contribution in [0.25, 0.3) is 10.8 Å². The van der Waals surface area contributed by atoms with Gasteiger partial charge >= 0.3 is 5.97 Å². The normalized spacial score (nSPS) is 10.6. The topological polar surface area (TPSA) is 79.5 Å². The summed E-state index contributed by atoms with van der Waals surface area (Å²) in [7, 11) is 0. The predicted octanol–water partition coefficient (Wildman–Crippen LogP) is 6.32. The van der Waals surface area contributed by atoms with E-state index >= 15 is 0 Å². The molecule has 0 spiro atoms. The second-order valence-corrected chi connectivity index (χ2v) is 8.40. The fourth-order valence-corrected chi connectivity index (χ4v) is 3.95. The van der Waals surface area contributed by atoms with Crippen molar-refractivity contribution in [2.75, 3.05) is 6.61 Å². The molecular formula is C30H27NO4. The smallest absolute Gasteiger partial charge is 0.303 e. The molecule has 35 heavy (non-hydrogen) atoms. The van der Waals surface area contributed by atoms with Crippen molar-refractivity contribution in [2.45, 2.75) is 32.3 Å². The molecule has 0 amide bonds. The molecule has 0 saturated heterocycles. The Morgan fingerprint density at radius 2 is 1.66 bits per heavy atom. The summed E-state index contributed by atoms with van der Waals surface area (Å²) in [5.41, 5.74) is 3.68. The number of carboxylic acids is 1. The molecule has 4 aromatic rings. The highest BCUT2D eigenvalue weighted by molar-refractivity contribution is 5.83. The van der Waals surface area contributed by atoms with Crippen LogP contribution < -0.4 is 9.47 Å². The molecule has 0 bridgehead atoms. The summed E-state index contributed by atoms with van der Waals surface area (Å²) in [4.78, 5) is 10.9. The van der Waals surface area contributed by atoms with Gasteiger partial charge in [-0.25, -0.2) is 0 Å². The number of aliphatic carboxylic acids is 1. The second kappa shape index (κ2) is 11.7. The maximum atomic E-state index is 10.9. The van der Waals surface area contributed by atoms with E-state index in [0.717, 1.165) is 23.3 Å². The second-order valence-electron chi connectivity index (χ2n) is 8.40. The minimum Gasteiger partial charge on any atom is -0.493 e. The zero-order valence-corrected chi connectivity index (χ0v) is 19.4. The first-order valence-electron chi connectivity index (χ1n) is 11.7. The van der Waals surface area contributed by atoms with E-state index in [-0.39, 0.29) is 6.42 Å². The number of hydrogen-bond acceptors (Lipinski definition) is 4. The van der Waals surface area contributed by atoms with Crippen molar-refractivity contribution in [2.24, 2.45) is 0 Å². The van der Waals surface area contributed by atoms with Crippen molar-refractivity contribution < 1.29 is 19.4 Å². The number of nitrogens with zero attached hydrogens (tertiary/aromatic N) is 1. The van der Waals surface area contributed by atoms with Gasteiger partial charge in [-0.05, 0) is 64.6 Å². The van der Waals surface area contributed by atoms with E-state index in [0.29, 0.717) is 37.4 Å². The highest BCUT2D eigenvalue weighted by atomic mass is 16.5. The van der Waals surface area contributed by atoms with Crippen LogP contribution in [0, 0.1) is 11.3 Å². The van der Waals surface area contributed by atoms with Gasteiger partial charge in [-0.2, -0.15) is 5.26 Å². The average molecular weight is 466 g/mol. The maximum absolute atomic E-state index is 10.9. The van der Waals surface area contributed by atoms with E-state index in [4.69, 9.17) is 19.8 Å². The minimum atomic E-state index is -0.798.